The van der Waals surface area contributed by atoms with Crippen LogP contribution in [0.25, 0.3) is 0 Å². The van der Waals surface area contributed by atoms with Gasteiger partial charge in [-0.2, -0.15) is 0 Å². The zero-order chi connectivity index (χ0) is 16.7. The Balaban J connectivity index is 0.00000288. The highest BCUT2D eigenvalue weighted by Crippen LogP contribution is 2.12. The predicted molar refractivity (Wildman–Crippen MR) is 115 cm³/mol. The minimum Gasteiger partial charge on any atom is -0.356 e. The summed E-state index contributed by atoms with van der Waals surface area (Å²) >= 11 is 7.66. The van der Waals surface area contributed by atoms with Crippen molar-refractivity contribution < 1.29 is 0 Å². The van der Waals surface area contributed by atoms with Gasteiger partial charge < -0.3 is 10.2 Å². The molecule has 1 aromatic heterocycles. The first kappa shape index (κ1) is 21.2. The Bertz CT molecular complexity index is 642. The molecule has 24 heavy (non-hydrogen) atoms. The first-order valence-electron chi connectivity index (χ1n) is 7.72. The molecule has 7 heteroatoms. The molecule has 0 radical (unpaired) electrons. The molecule has 0 aliphatic rings. The summed E-state index contributed by atoms with van der Waals surface area (Å²) in [6, 6.07) is 7.89. The zero-order valence-electron chi connectivity index (χ0n) is 14.3. The van der Waals surface area contributed by atoms with Gasteiger partial charge >= 0.3 is 0 Å². The van der Waals surface area contributed by atoms with Crippen LogP contribution in [0.3, 0.4) is 0 Å². The van der Waals surface area contributed by atoms with E-state index in [9.17, 15) is 0 Å². The average Bonchev–Trinajstić information content (AvgIpc) is 3.01. The highest BCUT2D eigenvalue weighted by molar-refractivity contribution is 14.0. The fourth-order valence-electron chi connectivity index (χ4n) is 2.25. The third-order valence-corrected chi connectivity index (χ3v) is 4.77. The van der Waals surface area contributed by atoms with Crippen LogP contribution in [0, 0.1) is 0 Å². The molecule has 0 amide bonds. The van der Waals surface area contributed by atoms with Crippen LogP contribution in [0.1, 0.15) is 23.2 Å². The van der Waals surface area contributed by atoms with Gasteiger partial charge in [-0.25, -0.2) is 4.98 Å². The number of aryl methyl sites for hydroxylation is 1. The normalized spacial score (nSPS) is 11.1. The van der Waals surface area contributed by atoms with Crippen LogP contribution in [-0.2, 0) is 19.4 Å². The molecule has 0 unspecified atom stereocenters. The molecule has 1 heterocycles. The molecular weight excluding hydrogens is 455 g/mol. The van der Waals surface area contributed by atoms with E-state index < -0.39 is 0 Å². The molecule has 0 spiro atoms. The van der Waals surface area contributed by atoms with E-state index in [2.05, 4.69) is 32.5 Å². The number of hydrogen-bond acceptors (Lipinski definition) is 3. The van der Waals surface area contributed by atoms with Crippen LogP contribution in [0.5, 0.6) is 0 Å². The van der Waals surface area contributed by atoms with Crippen molar-refractivity contribution in [1.29, 1.82) is 0 Å². The van der Waals surface area contributed by atoms with E-state index in [0.717, 1.165) is 42.6 Å². The zero-order valence-corrected chi connectivity index (χ0v) is 18.2. The molecule has 2 rings (SSSR count). The van der Waals surface area contributed by atoms with Crippen molar-refractivity contribution >= 4 is 52.9 Å². The van der Waals surface area contributed by atoms with Crippen molar-refractivity contribution in [3.8, 4) is 0 Å². The van der Waals surface area contributed by atoms with Gasteiger partial charge in [0.15, 0.2) is 5.96 Å². The first-order valence-corrected chi connectivity index (χ1v) is 8.97. The van der Waals surface area contributed by atoms with Crippen molar-refractivity contribution in [2.45, 2.75) is 26.3 Å². The summed E-state index contributed by atoms with van der Waals surface area (Å²) in [7, 11) is 3.83. The Morgan fingerprint density at radius 3 is 2.62 bits per heavy atom. The molecule has 0 atom stereocenters. The van der Waals surface area contributed by atoms with Gasteiger partial charge in [0.1, 0.15) is 0 Å². The van der Waals surface area contributed by atoms with Gasteiger partial charge in [0, 0.05) is 44.0 Å². The van der Waals surface area contributed by atoms with Crippen molar-refractivity contribution in [3.63, 3.8) is 0 Å². The lowest BCUT2D eigenvalue weighted by atomic mass is 10.2. The number of guanidine groups is 1. The fraction of sp³-hybridized carbons (Fsp3) is 0.412. The molecule has 0 bridgehead atoms. The molecule has 4 nitrogen and oxygen atoms in total. The second-order valence-corrected chi connectivity index (χ2v) is 6.67. The van der Waals surface area contributed by atoms with Gasteiger partial charge in [-0.1, -0.05) is 30.7 Å². The van der Waals surface area contributed by atoms with Crippen LogP contribution in [-0.4, -0.2) is 36.5 Å². The van der Waals surface area contributed by atoms with E-state index >= 15 is 0 Å². The minimum absolute atomic E-state index is 0. The Morgan fingerprint density at radius 2 is 2.04 bits per heavy atom. The minimum atomic E-state index is 0. The third kappa shape index (κ3) is 6.57. The smallest absolute Gasteiger partial charge is 0.193 e. The summed E-state index contributed by atoms with van der Waals surface area (Å²) in [5.74, 6) is 0.880. The number of aromatic nitrogens is 1. The summed E-state index contributed by atoms with van der Waals surface area (Å²) in [6.07, 6.45) is 1.91. The molecule has 0 aliphatic heterocycles. The average molecular weight is 479 g/mol. The van der Waals surface area contributed by atoms with Crippen LogP contribution in [0.4, 0.5) is 0 Å². The number of nitrogens with one attached hydrogen (secondary N) is 1. The predicted octanol–water partition coefficient (Wildman–Crippen LogP) is 4.23. The fourth-order valence-corrected chi connectivity index (χ4v) is 3.16. The van der Waals surface area contributed by atoms with Crippen molar-refractivity contribution in [1.82, 2.24) is 15.2 Å². The lowest BCUT2D eigenvalue weighted by Gasteiger charge is -2.22. The van der Waals surface area contributed by atoms with Crippen molar-refractivity contribution in [2.24, 2.45) is 4.99 Å². The first-order chi connectivity index (χ1) is 11.1. The highest BCUT2D eigenvalue weighted by Gasteiger charge is 2.07. The lowest BCUT2D eigenvalue weighted by Crippen LogP contribution is -2.39. The van der Waals surface area contributed by atoms with Gasteiger partial charge in [-0.15, -0.1) is 35.3 Å². The number of rotatable bonds is 6. The molecule has 0 fully saturated rings. The van der Waals surface area contributed by atoms with E-state index in [-0.39, 0.29) is 24.0 Å². The quantitative estimate of drug-likeness (QED) is 0.384. The summed E-state index contributed by atoms with van der Waals surface area (Å²) in [5.41, 5.74) is 2.35. The van der Waals surface area contributed by atoms with E-state index in [1.165, 1.54) is 10.6 Å². The summed E-state index contributed by atoms with van der Waals surface area (Å²) in [4.78, 5) is 11.0. The second kappa shape index (κ2) is 10.9. The number of aliphatic imine (C=N–C) groups is 1. The summed E-state index contributed by atoms with van der Waals surface area (Å²) in [6.45, 7) is 3.74. The van der Waals surface area contributed by atoms with Gasteiger partial charge in [0.2, 0.25) is 0 Å². The molecule has 0 aliphatic carbocycles. The SMILES string of the molecule is CCc1nc(CCNC(=NC)N(C)Cc2ccc(Cl)cc2)cs1.I. The molecule has 0 saturated heterocycles. The van der Waals surface area contributed by atoms with E-state index in [1.54, 1.807) is 18.4 Å². The maximum absolute atomic E-state index is 5.92. The van der Waals surface area contributed by atoms with Gasteiger partial charge in [0.25, 0.3) is 0 Å². The molecular formula is C17H24ClIN4S. The van der Waals surface area contributed by atoms with Crippen LogP contribution in [0.15, 0.2) is 34.6 Å². The Kier molecular flexibility index (Phi) is 9.61. The number of thiazole rings is 1. The van der Waals surface area contributed by atoms with E-state index in [0.29, 0.717) is 0 Å². The largest absolute Gasteiger partial charge is 0.356 e. The number of hydrogen-bond donors (Lipinski definition) is 1. The van der Waals surface area contributed by atoms with Gasteiger partial charge in [0.05, 0.1) is 10.7 Å². The van der Waals surface area contributed by atoms with Gasteiger partial charge in [-0.05, 0) is 24.1 Å². The maximum atomic E-state index is 5.92. The van der Waals surface area contributed by atoms with Crippen LogP contribution in [0.2, 0.25) is 5.02 Å². The van der Waals surface area contributed by atoms with Gasteiger partial charge in [-0.3, -0.25) is 4.99 Å². The Hall–Kier alpha value is -0.860. The standard InChI is InChI=1S/C17H23ClN4S.HI/c1-4-16-21-15(12-23-16)9-10-20-17(19-2)22(3)11-13-5-7-14(18)8-6-13;/h5-8,12H,4,9-11H2,1-3H3,(H,19,20);1H. The van der Waals surface area contributed by atoms with Crippen molar-refractivity contribution in [3.05, 3.63) is 50.9 Å². The summed E-state index contributed by atoms with van der Waals surface area (Å²) in [5, 5.41) is 7.49. The Labute approximate surface area is 170 Å². The topological polar surface area (TPSA) is 40.5 Å². The molecule has 1 N–H and O–H groups in total. The molecule has 132 valence electrons. The number of benzene rings is 1. The van der Waals surface area contributed by atoms with Crippen LogP contribution >= 0.6 is 46.9 Å². The van der Waals surface area contributed by atoms with Crippen LogP contribution < -0.4 is 5.32 Å². The molecule has 0 saturated carbocycles. The monoisotopic (exact) mass is 478 g/mol. The lowest BCUT2D eigenvalue weighted by molar-refractivity contribution is 0.477. The summed E-state index contributed by atoms with van der Waals surface area (Å²) < 4.78 is 0. The highest BCUT2D eigenvalue weighted by atomic mass is 127. The van der Waals surface area contributed by atoms with E-state index in [1.807, 2.05) is 31.3 Å². The molecule has 2 aromatic rings. The molecule has 1 aromatic carbocycles. The van der Waals surface area contributed by atoms with Crippen molar-refractivity contribution in [2.75, 3.05) is 20.6 Å². The third-order valence-electron chi connectivity index (χ3n) is 3.47. The maximum Gasteiger partial charge on any atom is 0.193 e. The Morgan fingerprint density at radius 1 is 1.33 bits per heavy atom. The number of nitrogens with zero attached hydrogens (tertiary/aromatic N) is 3. The number of halogens is 2. The second-order valence-electron chi connectivity index (χ2n) is 5.29. The van der Waals surface area contributed by atoms with E-state index in [4.69, 9.17) is 11.6 Å².